The van der Waals surface area contributed by atoms with Crippen molar-refractivity contribution in [3.05, 3.63) is 0 Å². The number of amides is 4. The van der Waals surface area contributed by atoms with Crippen molar-refractivity contribution < 1.29 is 107 Å². The summed E-state index contributed by atoms with van der Waals surface area (Å²) < 4.78 is 0. The van der Waals surface area contributed by atoms with Crippen molar-refractivity contribution in [2.45, 2.75) is 207 Å². The molecule has 32 heteroatoms. The van der Waals surface area contributed by atoms with Crippen LogP contribution in [-0.2, 0) is 76.7 Å². The topological polar surface area (TPSA) is 515 Å². The van der Waals surface area contributed by atoms with E-state index < -0.39 is 84.2 Å². The monoisotopic (exact) mass is 1240 g/mol. The molecule has 32 nitrogen and oxygen atoms in total. The number of ketones is 6. The molecule has 0 aliphatic heterocycles. The molecule has 0 bridgehead atoms. The third-order valence-corrected chi connectivity index (χ3v) is 12.1. The summed E-state index contributed by atoms with van der Waals surface area (Å²) in [5.74, 6) is -7.55. The minimum absolute atomic E-state index is 0.0197. The van der Waals surface area contributed by atoms with Gasteiger partial charge in [-0.25, -0.2) is 0 Å². The first kappa shape index (κ1) is 89.7. The van der Waals surface area contributed by atoms with Crippen molar-refractivity contribution >= 4 is 94.1 Å². The Hall–Kier alpha value is -7.52. The molecule has 0 heterocycles. The fourth-order valence-electron chi connectivity index (χ4n) is 6.00. The molecule has 10 atom stereocenters. The number of carbonyl (C=O) groups is 16. The fraction of sp³-hybridized carbons (Fsp3) is 0.704. The first-order chi connectivity index (χ1) is 39.7. The highest BCUT2D eigenvalue weighted by atomic mass is 16.4. The standard InChI is InChI=1S/4C10H18N2O4.2C7H13NO3/c4*1-6(7(2)13)12-10(16)8(11-3)4-5-9(14)15;2*1-5(9)6(8-2)3-4-7(10)11/h4*6,8,11H,4-5H2,1-3H3,(H,12,16)(H,14,15);2*6,8H,3-4H2,1-2H3,(H,10,11)/t2*6-,8+;2*6-,8-;2*6-/m101010/s1. The summed E-state index contributed by atoms with van der Waals surface area (Å²) in [4.78, 5) is 173. The lowest BCUT2D eigenvalue weighted by molar-refractivity contribution is -0.138. The second-order valence-corrected chi connectivity index (χ2v) is 19.2. The van der Waals surface area contributed by atoms with Crippen LogP contribution in [0.3, 0.4) is 0 Å². The van der Waals surface area contributed by atoms with Gasteiger partial charge in [0.2, 0.25) is 23.6 Å². The lowest BCUT2D eigenvalue weighted by Crippen LogP contribution is -2.48. The van der Waals surface area contributed by atoms with Crippen molar-refractivity contribution in [1.29, 1.82) is 0 Å². The molecule has 0 aromatic carbocycles. The highest BCUT2D eigenvalue weighted by Gasteiger charge is 2.24. The largest absolute Gasteiger partial charge is 0.481 e. The number of carboxylic acid groups (broad SMARTS) is 6. The first-order valence-electron chi connectivity index (χ1n) is 27.3. The summed E-state index contributed by atoms with van der Waals surface area (Å²) in [6.45, 7) is 14.8. The smallest absolute Gasteiger partial charge is 0.303 e. The summed E-state index contributed by atoms with van der Waals surface area (Å²) in [5.41, 5.74) is 0. The maximum Gasteiger partial charge on any atom is 0.303 e. The van der Waals surface area contributed by atoms with Gasteiger partial charge in [-0.15, -0.1) is 0 Å². The third-order valence-electron chi connectivity index (χ3n) is 12.1. The molecule has 0 aromatic heterocycles. The molecule has 4 amide bonds. The van der Waals surface area contributed by atoms with Crippen LogP contribution in [0.25, 0.3) is 0 Å². The van der Waals surface area contributed by atoms with Gasteiger partial charge < -0.3 is 83.8 Å². The van der Waals surface area contributed by atoms with Crippen LogP contribution in [0.1, 0.15) is 146 Å². The molecule has 0 unspecified atom stereocenters. The lowest BCUT2D eigenvalue weighted by atomic mass is 10.1. The van der Waals surface area contributed by atoms with Gasteiger partial charge in [0.05, 0.1) is 60.4 Å². The fourth-order valence-corrected chi connectivity index (χ4v) is 6.00. The van der Waals surface area contributed by atoms with Crippen LogP contribution in [0, 0.1) is 0 Å². The van der Waals surface area contributed by atoms with Crippen molar-refractivity contribution in [2.75, 3.05) is 42.3 Å². The van der Waals surface area contributed by atoms with Crippen molar-refractivity contribution in [3.63, 3.8) is 0 Å². The highest BCUT2D eigenvalue weighted by molar-refractivity contribution is 5.92. The average Bonchev–Trinajstić information content (AvgIpc) is 3.51. The number of carboxylic acids is 6. The maximum absolute atomic E-state index is 11.6. The van der Waals surface area contributed by atoms with Crippen molar-refractivity contribution in [1.82, 2.24) is 53.2 Å². The van der Waals surface area contributed by atoms with Crippen LogP contribution >= 0.6 is 0 Å². The summed E-state index contributed by atoms with van der Waals surface area (Å²) in [6, 6.07) is -5.16. The molecule has 0 aromatic rings. The van der Waals surface area contributed by atoms with Crippen LogP contribution in [0.5, 0.6) is 0 Å². The quantitative estimate of drug-likeness (QED) is 0.0324. The van der Waals surface area contributed by atoms with E-state index in [0.717, 1.165) is 0 Å². The maximum atomic E-state index is 11.6. The molecular weight excluding hydrogens is 1140 g/mol. The summed E-state index contributed by atoms with van der Waals surface area (Å²) in [6.07, 6.45) is 1.22. The average molecular weight is 1240 g/mol. The number of hydrogen-bond donors (Lipinski definition) is 16. The second kappa shape index (κ2) is 53.0. The van der Waals surface area contributed by atoms with Crippen LogP contribution in [-0.4, -0.2) is 227 Å². The van der Waals surface area contributed by atoms with E-state index in [1.165, 1.54) is 41.5 Å². The zero-order valence-corrected chi connectivity index (χ0v) is 52.5. The van der Waals surface area contributed by atoms with Gasteiger partial charge in [-0.3, -0.25) is 76.7 Å². The lowest BCUT2D eigenvalue weighted by Gasteiger charge is -2.17. The summed E-state index contributed by atoms with van der Waals surface area (Å²) in [7, 11) is 9.59. The number of carbonyl (C=O) groups excluding carboxylic acids is 10. The first-order valence-corrected chi connectivity index (χ1v) is 27.3. The Kier molecular flexibility index (Phi) is 55.3. The Morgan fingerprint density at radius 1 is 0.244 bits per heavy atom. The van der Waals surface area contributed by atoms with Crippen LogP contribution in [0.2, 0.25) is 0 Å². The summed E-state index contributed by atoms with van der Waals surface area (Å²) >= 11 is 0. The van der Waals surface area contributed by atoms with Gasteiger partial charge >= 0.3 is 35.8 Å². The van der Waals surface area contributed by atoms with E-state index in [1.54, 1.807) is 70.0 Å². The minimum Gasteiger partial charge on any atom is -0.481 e. The molecule has 16 N–H and O–H groups in total. The number of likely N-dealkylation sites (N-methyl/N-ethyl adjacent to an activating group) is 6. The van der Waals surface area contributed by atoms with Gasteiger partial charge in [0.1, 0.15) is 11.6 Å². The normalized spacial score (nSPS) is 13.6. The Balaban J connectivity index is -0.000000225. The van der Waals surface area contributed by atoms with E-state index in [0.29, 0.717) is 12.8 Å². The highest BCUT2D eigenvalue weighted by Crippen LogP contribution is 2.03. The number of hydrogen-bond acceptors (Lipinski definition) is 22. The number of nitrogens with one attached hydrogen (secondary N) is 10. The Bertz CT molecular complexity index is 1920. The molecule has 0 saturated heterocycles. The van der Waals surface area contributed by atoms with Crippen LogP contribution < -0.4 is 53.2 Å². The van der Waals surface area contributed by atoms with Gasteiger partial charge in [-0.1, -0.05) is 0 Å². The molecule has 0 saturated carbocycles. The van der Waals surface area contributed by atoms with Crippen molar-refractivity contribution in [3.8, 4) is 0 Å². The Labute approximate surface area is 502 Å². The predicted octanol–water partition coefficient (Wildman–Crippen LogP) is -1.81. The third kappa shape index (κ3) is 53.2. The molecular formula is C54H98N10O22. The van der Waals surface area contributed by atoms with E-state index in [4.69, 9.17) is 30.6 Å². The summed E-state index contributed by atoms with van der Waals surface area (Å²) in [5, 5.41) is 77.0. The minimum atomic E-state index is -0.951. The molecule has 86 heavy (non-hydrogen) atoms. The predicted molar refractivity (Wildman–Crippen MR) is 313 cm³/mol. The van der Waals surface area contributed by atoms with Crippen molar-refractivity contribution in [2.24, 2.45) is 0 Å². The second-order valence-electron chi connectivity index (χ2n) is 19.2. The molecule has 0 fully saturated rings. The van der Waals surface area contributed by atoms with Gasteiger partial charge in [-0.2, -0.15) is 0 Å². The van der Waals surface area contributed by atoms with E-state index in [-0.39, 0.29) is 135 Å². The molecule has 0 aliphatic carbocycles. The molecule has 0 rings (SSSR count). The van der Waals surface area contributed by atoms with Gasteiger partial charge in [0.25, 0.3) is 0 Å². The van der Waals surface area contributed by atoms with Crippen LogP contribution in [0.15, 0.2) is 0 Å². The number of rotatable bonds is 38. The molecule has 0 radical (unpaired) electrons. The zero-order chi connectivity index (χ0) is 68.6. The van der Waals surface area contributed by atoms with Gasteiger partial charge in [-0.05, 0) is 150 Å². The molecule has 496 valence electrons. The van der Waals surface area contributed by atoms with Gasteiger partial charge in [0, 0.05) is 38.5 Å². The molecule has 0 aliphatic rings. The van der Waals surface area contributed by atoms with E-state index in [2.05, 4.69) is 53.2 Å². The number of Topliss-reactive ketones (excluding diaryl/α,β-unsaturated/α-hetero) is 6. The van der Waals surface area contributed by atoms with E-state index in [9.17, 15) is 76.7 Å². The SMILES string of the molecule is CN[C@@H](CCC(=O)O)C(=O)N[C@@H](C)C(C)=O.CN[C@@H](CCC(=O)O)C(=O)N[C@H](C)C(C)=O.CN[C@@H](CCC(=O)O)C(C)=O.CN[C@H](CCC(=O)O)C(=O)N[C@@H](C)C(C)=O.CN[C@H](CCC(=O)O)C(=O)N[C@H](C)C(C)=O.CN[C@H](CCC(=O)O)C(C)=O. The van der Waals surface area contributed by atoms with Gasteiger partial charge in [0.15, 0.2) is 23.1 Å². The molecule has 0 spiro atoms. The Morgan fingerprint density at radius 3 is 0.465 bits per heavy atom. The van der Waals surface area contributed by atoms with Crippen LogP contribution in [0.4, 0.5) is 0 Å². The Morgan fingerprint density at radius 2 is 0.372 bits per heavy atom. The van der Waals surface area contributed by atoms with E-state index >= 15 is 0 Å². The van der Waals surface area contributed by atoms with E-state index in [1.807, 2.05) is 0 Å². The zero-order valence-electron chi connectivity index (χ0n) is 52.5. The number of aliphatic carboxylic acids is 6.